The van der Waals surface area contributed by atoms with Gasteiger partial charge in [-0.15, -0.1) is 12.4 Å². The summed E-state index contributed by atoms with van der Waals surface area (Å²) >= 11 is 4.33. The van der Waals surface area contributed by atoms with Crippen molar-refractivity contribution in [3.63, 3.8) is 0 Å². The van der Waals surface area contributed by atoms with Gasteiger partial charge in [-0.05, 0) is 43.0 Å². The molecule has 21 heavy (non-hydrogen) atoms. The largest absolute Gasteiger partial charge is 0.310 e. The second-order valence-electron chi connectivity index (χ2n) is 5.17. The first kappa shape index (κ1) is 18.1. The van der Waals surface area contributed by atoms with E-state index in [1.807, 2.05) is 0 Å². The Morgan fingerprint density at radius 3 is 2.43 bits per heavy atom. The monoisotopic (exact) mass is 321 g/mol. The number of hydrogen-bond donors (Lipinski definition) is 2. The van der Waals surface area contributed by atoms with Gasteiger partial charge in [0.15, 0.2) is 0 Å². The van der Waals surface area contributed by atoms with Crippen molar-refractivity contribution in [3.8, 4) is 0 Å². The summed E-state index contributed by atoms with van der Waals surface area (Å²) in [5.41, 5.74) is 4.04. The lowest BCUT2D eigenvalue weighted by Gasteiger charge is -2.15. The van der Waals surface area contributed by atoms with Gasteiger partial charge < -0.3 is 5.32 Å². The van der Waals surface area contributed by atoms with Gasteiger partial charge in [0, 0.05) is 11.8 Å². The molecule has 1 N–H and O–H groups in total. The average molecular weight is 322 g/mol. The Morgan fingerprint density at radius 2 is 1.71 bits per heavy atom. The Hall–Kier alpha value is -0.960. The molecular formula is C18H24ClNS. The molecule has 0 saturated heterocycles. The Kier molecular flexibility index (Phi) is 8.51. The van der Waals surface area contributed by atoms with Gasteiger partial charge in [0.05, 0.1) is 0 Å². The highest BCUT2D eigenvalue weighted by molar-refractivity contribution is 7.79. The zero-order valence-corrected chi connectivity index (χ0v) is 14.2. The standard InChI is InChI=1S/C18H23NS.ClH/c1-15(18-11-5-9-17(13-18)14-20)19-12-6-10-16-7-3-2-4-8-16;/h2-5,7-9,11,13,15,19-20H,6,10,12,14H2,1H3;1H. The molecule has 1 nitrogen and oxygen atoms in total. The number of nitrogens with one attached hydrogen (secondary N) is 1. The fourth-order valence-corrected chi connectivity index (χ4v) is 2.53. The van der Waals surface area contributed by atoms with Crippen LogP contribution >= 0.6 is 25.0 Å². The third kappa shape index (κ3) is 6.13. The second-order valence-corrected chi connectivity index (χ2v) is 5.48. The number of aryl methyl sites for hydroxylation is 1. The maximum absolute atomic E-state index is 4.33. The fraction of sp³-hybridized carbons (Fsp3) is 0.333. The van der Waals surface area contributed by atoms with Crippen molar-refractivity contribution in [3.05, 3.63) is 71.3 Å². The fourth-order valence-electron chi connectivity index (χ4n) is 2.33. The molecular weight excluding hydrogens is 298 g/mol. The van der Waals surface area contributed by atoms with E-state index in [-0.39, 0.29) is 12.4 Å². The Bertz CT molecular complexity index is 516. The van der Waals surface area contributed by atoms with E-state index in [4.69, 9.17) is 0 Å². The second kappa shape index (κ2) is 9.88. The van der Waals surface area contributed by atoms with E-state index in [0.29, 0.717) is 6.04 Å². The minimum Gasteiger partial charge on any atom is -0.310 e. The van der Waals surface area contributed by atoms with Crippen molar-refractivity contribution in [2.24, 2.45) is 0 Å². The molecule has 0 fully saturated rings. The molecule has 1 atom stereocenters. The number of benzene rings is 2. The van der Waals surface area contributed by atoms with E-state index < -0.39 is 0 Å². The van der Waals surface area contributed by atoms with Crippen LogP contribution in [0.15, 0.2) is 54.6 Å². The molecule has 114 valence electrons. The summed E-state index contributed by atoms with van der Waals surface area (Å²) in [6.07, 6.45) is 2.30. The van der Waals surface area contributed by atoms with Gasteiger partial charge in [0.25, 0.3) is 0 Å². The summed E-state index contributed by atoms with van der Waals surface area (Å²) in [6, 6.07) is 19.7. The van der Waals surface area contributed by atoms with Gasteiger partial charge in [-0.2, -0.15) is 12.6 Å². The molecule has 0 aromatic heterocycles. The summed E-state index contributed by atoms with van der Waals surface area (Å²) in [5, 5.41) is 3.60. The molecule has 0 saturated carbocycles. The van der Waals surface area contributed by atoms with Crippen LogP contribution in [0, 0.1) is 0 Å². The van der Waals surface area contributed by atoms with Crippen LogP contribution in [-0.4, -0.2) is 6.54 Å². The van der Waals surface area contributed by atoms with Crippen molar-refractivity contribution in [2.75, 3.05) is 6.54 Å². The molecule has 0 aliphatic rings. The van der Waals surface area contributed by atoms with Crippen molar-refractivity contribution < 1.29 is 0 Å². The van der Waals surface area contributed by atoms with Crippen LogP contribution in [0.1, 0.15) is 36.1 Å². The van der Waals surface area contributed by atoms with E-state index >= 15 is 0 Å². The zero-order valence-electron chi connectivity index (χ0n) is 12.5. The third-order valence-electron chi connectivity index (χ3n) is 3.57. The van der Waals surface area contributed by atoms with E-state index in [0.717, 1.165) is 18.7 Å². The van der Waals surface area contributed by atoms with Crippen LogP contribution < -0.4 is 5.32 Å². The molecule has 0 bridgehead atoms. The maximum Gasteiger partial charge on any atom is 0.0291 e. The van der Waals surface area contributed by atoms with E-state index in [9.17, 15) is 0 Å². The highest BCUT2D eigenvalue weighted by atomic mass is 35.5. The lowest BCUT2D eigenvalue weighted by atomic mass is 10.1. The van der Waals surface area contributed by atoms with Gasteiger partial charge in [0.1, 0.15) is 0 Å². The summed E-state index contributed by atoms with van der Waals surface area (Å²) in [7, 11) is 0. The normalized spacial score (nSPS) is 11.7. The molecule has 2 rings (SSSR count). The van der Waals surface area contributed by atoms with Crippen molar-refractivity contribution in [1.29, 1.82) is 0 Å². The highest BCUT2D eigenvalue weighted by Crippen LogP contribution is 2.15. The van der Waals surface area contributed by atoms with Crippen molar-refractivity contribution in [2.45, 2.75) is 31.6 Å². The van der Waals surface area contributed by atoms with Gasteiger partial charge in [-0.1, -0.05) is 54.6 Å². The SMILES string of the molecule is CC(NCCCc1ccccc1)c1cccc(CS)c1.Cl. The lowest BCUT2D eigenvalue weighted by molar-refractivity contribution is 0.558. The predicted octanol–water partition coefficient (Wildman–Crippen LogP) is 4.82. The molecule has 2 aromatic rings. The molecule has 1 unspecified atom stereocenters. The molecule has 0 aliphatic heterocycles. The highest BCUT2D eigenvalue weighted by Gasteiger charge is 2.04. The van der Waals surface area contributed by atoms with Crippen LogP contribution in [0.2, 0.25) is 0 Å². The van der Waals surface area contributed by atoms with Gasteiger partial charge in [-0.3, -0.25) is 0 Å². The topological polar surface area (TPSA) is 12.0 Å². The molecule has 2 aromatic carbocycles. The summed E-state index contributed by atoms with van der Waals surface area (Å²) < 4.78 is 0. The number of hydrogen-bond acceptors (Lipinski definition) is 2. The first-order chi connectivity index (χ1) is 9.79. The number of rotatable bonds is 7. The van der Waals surface area contributed by atoms with Crippen LogP contribution in [0.5, 0.6) is 0 Å². The van der Waals surface area contributed by atoms with E-state index in [2.05, 4.69) is 79.5 Å². The predicted molar refractivity (Wildman–Crippen MR) is 97.6 cm³/mol. The molecule has 3 heteroatoms. The first-order valence-electron chi connectivity index (χ1n) is 7.26. The Labute approximate surface area is 140 Å². The minimum absolute atomic E-state index is 0. The lowest BCUT2D eigenvalue weighted by Crippen LogP contribution is -2.20. The van der Waals surface area contributed by atoms with Crippen LogP contribution in [0.4, 0.5) is 0 Å². The minimum atomic E-state index is 0. The smallest absolute Gasteiger partial charge is 0.0291 e. The zero-order chi connectivity index (χ0) is 14.2. The van der Waals surface area contributed by atoms with Crippen molar-refractivity contribution in [1.82, 2.24) is 5.32 Å². The Balaban J connectivity index is 0.00000220. The van der Waals surface area contributed by atoms with Gasteiger partial charge in [-0.25, -0.2) is 0 Å². The van der Waals surface area contributed by atoms with Crippen molar-refractivity contribution >= 4 is 25.0 Å². The first-order valence-corrected chi connectivity index (χ1v) is 7.90. The third-order valence-corrected chi connectivity index (χ3v) is 3.93. The summed E-state index contributed by atoms with van der Waals surface area (Å²) in [6.45, 7) is 3.27. The van der Waals surface area contributed by atoms with Gasteiger partial charge >= 0.3 is 0 Å². The molecule has 0 spiro atoms. The quantitative estimate of drug-likeness (QED) is 0.550. The van der Waals surface area contributed by atoms with Gasteiger partial charge in [0.2, 0.25) is 0 Å². The molecule has 0 aliphatic carbocycles. The average Bonchev–Trinajstić information content (AvgIpc) is 2.52. The Morgan fingerprint density at radius 1 is 1.00 bits per heavy atom. The number of halogens is 1. The maximum atomic E-state index is 4.33. The van der Waals surface area contributed by atoms with Crippen LogP contribution in [0.25, 0.3) is 0 Å². The van der Waals surface area contributed by atoms with Crippen LogP contribution in [0.3, 0.4) is 0 Å². The van der Waals surface area contributed by atoms with E-state index in [1.54, 1.807) is 0 Å². The summed E-state index contributed by atoms with van der Waals surface area (Å²) in [5.74, 6) is 0.800. The molecule has 0 heterocycles. The molecule has 0 amide bonds. The van der Waals surface area contributed by atoms with E-state index in [1.165, 1.54) is 23.1 Å². The summed E-state index contributed by atoms with van der Waals surface area (Å²) in [4.78, 5) is 0. The molecule has 0 radical (unpaired) electrons. The number of thiol groups is 1. The van der Waals surface area contributed by atoms with Crippen LogP contribution in [-0.2, 0) is 12.2 Å².